The first-order valence-corrected chi connectivity index (χ1v) is 12.8. The van der Waals surface area contributed by atoms with Crippen molar-refractivity contribution in [3.63, 3.8) is 0 Å². The molecule has 2 aromatic rings. The van der Waals surface area contributed by atoms with Gasteiger partial charge in [-0.2, -0.15) is 8.42 Å². The molecule has 0 aromatic heterocycles. The molecule has 0 saturated carbocycles. The highest BCUT2D eigenvalue weighted by molar-refractivity contribution is 7.86. The van der Waals surface area contributed by atoms with E-state index in [2.05, 4.69) is 10.6 Å². The minimum Gasteiger partial charge on any atom is -0.463 e. The fraction of sp³-hybridized carbons (Fsp3) is 0.375. The highest BCUT2D eigenvalue weighted by atomic mass is 32.2. The Morgan fingerprint density at radius 1 is 0.889 bits per heavy atom. The van der Waals surface area contributed by atoms with Gasteiger partial charge in [0.1, 0.15) is 24.9 Å². The van der Waals surface area contributed by atoms with Gasteiger partial charge in [0.25, 0.3) is 21.9 Å². The second-order valence-corrected chi connectivity index (χ2v) is 9.68. The van der Waals surface area contributed by atoms with Gasteiger partial charge in [0, 0.05) is 25.2 Å². The van der Waals surface area contributed by atoms with Gasteiger partial charge in [-0.3, -0.25) is 18.6 Å². The predicted octanol–water partition coefficient (Wildman–Crippen LogP) is 0.863. The van der Waals surface area contributed by atoms with E-state index in [9.17, 15) is 22.8 Å². The number of hydrogen-bond donors (Lipinski definition) is 2. The molecule has 0 unspecified atom stereocenters. The van der Waals surface area contributed by atoms with Gasteiger partial charge in [0.2, 0.25) is 0 Å². The zero-order valence-corrected chi connectivity index (χ0v) is 20.8. The largest absolute Gasteiger partial charge is 0.463 e. The van der Waals surface area contributed by atoms with Crippen molar-refractivity contribution in [2.45, 2.75) is 37.5 Å². The molecule has 1 aliphatic rings. The molecular formula is C24H28N2O9S. The molecule has 0 spiro atoms. The van der Waals surface area contributed by atoms with Crippen molar-refractivity contribution in [3.05, 3.63) is 71.8 Å². The van der Waals surface area contributed by atoms with Crippen LogP contribution in [-0.2, 0) is 33.3 Å². The van der Waals surface area contributed by atoms with Crippen LogP contribution in [0, 0.1) is 0 Å². The van der Waals surface area contributed by atoms with E-state index in [-0.39, 0.29) is 6.61 Å². The van der Waals surface area contributed by atoms with E-state index in [1.54, 1.807) is 60.7 Å². The fourth-order valence-corrected chi connectivity index (χ4v) is 4.42. The Hall–Kier alpha value is -3.32. The van der Waals surface area contributed by atoms with Crippen LogP contribution in [0.5, 0.6) is 0 Å². The number of ether oxygens (including phenoxy) is 3. The van der Waals surface area contributed by atoms with E-state index in [0.29, 0.717) is 11.1 Å². The third-order valence-electron chi connectivity index (χ3n) is 5.35. The maximum Gasteiger partial charge on any atom is 0.302 e. The van der Waals surface area contributed by atoms with Crippen LogP contribution in [0.4, 0.5) is 0 Å². The zero-order chi connectivity index (χ0) is 26.3. The molecule has 194 valence electrons. The van der Waals surface area contributed by atoms with Crippen molar-refractivity contribution in [1.82, 2.24) is 10.6 Å². The first-order valence-electron chi connectivity index (χ1n) is 11.0. The normalized spacial score (nSPS) is 23.9. The molecule has 2 aromatic carbocycles. The van der Waals surface area contributed by atoms with Crippen LogP contribution in [0.2, 0.25) is 0 Å². The average molecular weight is 521 g/mol. The molecule has 1 saturated heterocycles. The van der Waals surface area contributed by atoms with Gasteiger partial charge in [-0.15, -0.1) is 0 Å². The Kier molecular flexibility index (Phi) is 9.15. The summed E-state index contributed by atoms with van der Waals surface area (Å²) < 4.78 is 46.0. The van der Waals surface area contributed by atoms with Crippen molar-refractivity contribution in [2.24, 2.45) is 0 Å². The van der Waals surface area contributed by atoms with Crippen LogP contribution >= 0.6 is 0 Å². The van der Waals surface area contributed by atoms with Crippen molar-refractivity contribution in [3.8, 4) is 0 Å². The number of carbonyl (C=O) groups excluding carboxylic acids is 3. The molecule has 1 aliphatic heterocycles. The Labute approximate surface area is 209 Å². The molecule has 11 nitrogen and oxygen atoms in total. The second kappa shape index (κ2) is 12.1. The lowest BCUT2D eigenvalue weighted by Crippen LogP contribution is -2.70. The summed E-state index contributed by atoms with van der Waals surface area (Å²) in [5, 5.41) is 5.51. The number of methoxy groups -OCH3 is 1. The number of hydrogen-bond acceptors (Lipinski definition) is 9. The topological polar surface area (TPSA) is 146 Å². The van der Waals surface area contributed by atoms with E-state index in [1.807, 2.05) is 0 Å². The highest BCUT2D eigenvalue weighted by Crippen LogP contribution is 2.27. The lowest BCUT2D eigenvalue weighted by molar-refractivity contribution is -0.236. The van der Waals surface area contributed by atoms with Gasteiger partial charge in [-0.25, -0.2) is 0 Å². The highest BCUT2D eigenvalue weighted by Gasteiger charge is 2.50. The summed E-state index contributed by atoms with van der Waals surface area (Å²) in [5.41, 5.74) is 0.615. The molecule has 1 fully saturated rings. The van der Waals surface area contributed by atoms with Crippen LogP contribution in [0.25, 0.3) is 0 Å². The fourth-order valence-electron chi connectivity index (χ4n) is 3.78. The molecule has 0 bridgehead atoms. The van der Waals surface area contributed by atoms with Gasteiger partial charge < -0.3 is 24.8 Å². The Morgan fingerprint density at radius 2 is 1.39 bits per heavy atom. The van der Waals surface area contributed by atoms with Gasteiger partial charge in [-0.1, -0.05) is 36.4 Å². The van der Waals surface area contributed by atoms with Crippen molar-refractivity contribution in [2.75, 3.05) is 20.0 Å². The third-order valence-corrected chi connectivity index (χ3v) is 5.92. The molecule has 0 radical (unpaired) electrons. The number of amides is 2. The molecule has 2 amide bonds. The van der Waals surface area contributed by atoms with E-state index in [0.717, 1.165) is 6.26 Å². The summed E-state index contributed by atoms with van der Waals surface area (Å²) in [6.45, 7) is 0.799. The maximum absolute atomic E-state index is 13.1. The Bertz CT molecular complexity index is 1160. The SMILES string of the molecule is CO[C@@H]1O[C@H](COC(C)=O)[C@@H](OS(C)(=O)=O)[C@H](NC(=O)c2ccccc2)[C@H]1NC(=O)c1ccccc1. The number of carbonyl (C=O) groups is 3. The molecule has 12 heteroatoms. The Morgan fingerprint density at radius 3 is 1.83 bits per heavy atom. The van der Waals surface area contributed by atoms with Crippen LogP contribution in [0.15, 0.2) is 60.7 Å². The number of esters is 1. The van der Waals surface area contributed by atoms with Gasteiger partial charge >= 0.3 is 5.97 Å². The maximum atomic E-state index is 13.1. The summed E-state index contributed by atoms with van der Waals surface area (Å²) in [4.78, 5) is 37.5. The quantitative estimate of drug-likeness (QED) is 0.363. The molecule has 2 N–H and O–H groups in total. The second-order valence-electron chi connectivity index (χ2n) is 8.08. The van der Waals surface area contributed by atoms with Crippen LogP contribution in [0.3, 0.4) is 0 Å². The standard InChI is InChI=1S/C24H28N2O9S/c1-15(27)33-14-18-21(35-36(3,30)31)19(25-22(28)16-10-6-4-7-11-16)20(24(32-2)34-18)26-23(29)17-12-8-5-9-13-17/h4-13,18-21,24H,14H2,1-3H3,(H,25,28)(H,26,29)/t18-,19-,20-,21-,24-/m1/s1. The van der Waals surface area contributed by atoms with Crippen molar-refractivity contribution < 1.29 is 41.2 Å². The smallest absolute Gasteiger partial charge is 0.302 e. The average Bonchev–Trinajstić information content (AvgIpc) is 2.85. The van der Waals surface area contributed by atoms with E-state index >= 15 is 0 Å². The number of benzene rings is 2. The van der Waals surface area contributed by atoms with Gasteiger partial charge in [0.15, 0.2) is 6.29 Å². The summed E-state index contributed by atoms with van der Waals surface area (Å²) in [6, 6.07) is 14.2. The summed E-state index contributed by atoms with van der Waals surface area (Å²) in [6.07, 6.45) is -2.84. The molecular weight excluding hydrogens is 492 g/mol. The monoisotopic (exact) mass is 520 g/mol. The van der Waals surface area contributed by atoms with E-state index in [4.69, 9.17) is 18.4 Å². The van der Waals surface area contributed by atoms with Crippen molar-refractivity contribution >= 4 is 27.9 Å². The van der Waals surface area contributed by atoms with E-state index in [1.165, 1.54) is 14.0 Å². The molecule has 1 heterocycles. The molecule has 5 atom stereocenters. The van der Waals surface area contributed by atoms with Crippen LogP contribution in [0.1, 0.15) is 27.6 Å². The summed E-state index contributed by atoms with van der Waals surface area (Å²) >= 11 is 0. The zero-order valence-electron chi connectivity index (χ0n) is 19.9. The molecule has 0 aliphatic carbocycles. The summed E-state index contributed by atoms with van der Waals surface area (Å²) in [5.74, 6) is -1.69. The van der Waals surface area contributed by atoms with E-state index < -0.39 is 58.5 Å². The minimum atomic E-state index is -4.08. The minimum absolute atomic E-state index is 0.292. The third kappa shape index (κ3) is 7.34. The van der Waals surface area contributed by atoms with Crippen LogP contribution < -0.4 is 10.6 Å². The number of rotatable bonds is 9. The van der Waals surface area contributed by atoms with Gasteiger partial charge in [-0.05, 0) is 24.3 Å². The predicted molar refractivity (Wildman–Crippen MR) is 127 cm³/mol. The van der Waals surface area contributed by atoms with Crippen LogP contribution in [-0.4, -0.2) is 76.8 Å². The number of nitrogens with one attached hydrogen (secondary N) is 2. The lowest BCUT2D eigenvalue weighted by atomic mass is 9.93. The summed E-state index contributed by atoms with van der Waals surface area (Å²) in [7, 11) is -2.76. The first kappa shape index (κ1) is 27.3. The first-order chi connectivity index (χ1) is 17.1. The Balaban J connectivity index is 2.01. The molecule has 36 heavy (non-hydrogen) atoms. The van der Waals surface area contributed by atoms with Crippen molar-refractivity contribution in [1.29, 1.82) is 0 Å². The lowest BCUT2D eigenvalue weighted by Gasteiger charge is -2.45. The van der Waals surface area contributed by atoms with Gasteiger partial charge in [0.05, 0.1) is 12.3 Å². The molecule has 3 rings (SSSR count).